The Morgan fingerprint density at radius 2 is 1.50 bits per heavy atom. The molecule has 0 aliphatic rings. The van der Waals surface area contributed by atoms with Crippen LogP contribution in [0.2, 0.25) is 0 Å². The first-order valence-corrected chi connectivity index (χ1v) is 9.15. The summed E-state index contributed by atoms with van der Waals surface area (Å²) in [5, 5.41) is 2.90. The van der Waals surface area contributed by atoms with Crippen LogP contribution in [0, 0.1) is 20.8 Å². The molecule has 0 aliphatic carbocycles. The van der Waals surface area contributed by atoms with Crippen LogP contribution >= 0.6 is 0 Å². The first kappa shape index (κ1) is 19.4. The third kappa shape index (κ3) is 4.46. The number of benzene rings is 3. The highest BCUT2D eigenvalue weighted by Crippen LogP contribution is 2.24. The molecule has 4 nitrogen and oxygen atoms in total. The van der Waals surface area contributed by atoms with Crippen LogP contribution < -0.4 is 5.32 Å². The third-order valence-corrected chi connectivity index (χ3v) is 4.58. The van der Waals surface area contributed by atoms with Crippen molar-refractivity contribution in [2.24, 2.45) is 0 Å². The van der Waals surface area contributed by atoms with Gasteiger partial charge in [-0.05, 0) is 49.6 Å². The largest absolute Gasteiger partial charge is 0.444 e. The van der Waals surface area contributed by atoms with Gasteiger partial charge in [0.2, 0.25) is 6.10 Å². The summed E-state index contributed by atoms with van der Waals surface area (Å²) in [5.74, 6) is -0.912. The predicted molar refractivity (Wildman–Crippen MR) is 110 cm³/mol. The molecule has 1 atom stereocenters. The van der Waals surface area contributed by atoms with E-state index >= 15 is 0 Å². The first-order valence-electron chi connectivity index (χ1n) is 9.15. The molecule has 1 amide bonds. The molecular weight excluding hydrogens is 350 g/mol. The maximum atomic E-state index is 13.0. The van der Waals surface area contributed by atoms with E-state index in [2.05, 4.69) is 5.32 Å². The van der Waals surface area contributed by atoms with E-state index < -0.39 is 12.1 Å². The van der Waals surface area contributed by atoms with Gasteiger partial charge in [0.25, 0.3) is 5.91 Å². The van der Waals surface area contributed by atoms with Crippen LogP contribution in [0.4, 0.5) is 5.69 Å². The lowest BCUT2D eigenvalue weighted by Crippen LogP contribution is -2.26. The molecule has 28 heavy (non-hydrogen) atoms. The minimum atomic E-state index is -1.05. The summed E-state index contributed by atoms with van der Waals surface area (Å²) >= 11 is 0. The maximum absolute atomic E-state index is 13.0. The highest BCUT2D eigenvalue weighted by Gasteiger charge is 2.26. The van der Waals surface area contributed by atoms with E-state index in [1.54, 1.807) is 24.3 Å². The summed E-state index contributed by atoms with van der Waals surface area (Å²) in [6, 6.07) is 22.0. The van der Waals surface area contributed by atoms with Crippen LogP contribution in [-0.4, -0.2) is 11.9 Å². The molecule has 0 saturated heterocycles. The van der Waals surface area contributed by atoms with Crippen LogP contribution in [0.1, 0.15) is 38.7 Å². The second-order valence-corrected chi connectivity index (χ2v) is 6.82. The fourth-order valence-electron chi connectivity index (χ4n) is 2.94. The van der Waals surface area contributed by atoms with Gasteiger partial charge in [0.15, 0.2) is 0 Å². The van der Waals surface area contributed by atoms with Crippen molar-refractivity contribution in [3.05, 3.63) is 101 Å². The number of nitrogens with one attached hydrogen (secondary N) is 1. The van der Waals surface area contributed by atoms with Crippen LogP contribution in [0.15, 0.2) is 72.8 Å². The fourth-order valence-corrected chi connectivity index (χ4v) is 2.94. The van der Waals surface area contributed by atoms with Gasteiger partial charge in [-0.2, -0.15) is 0 Å². The van der Waals surface area contributed by atoms with Crippen LogP contribution in [0.5, 0.6) is 0 Å². The Morgan fingerprint density at radius 1 is 0.821 bits per heavy atom. The van der Waals surface area contributed by atoms with E-state index in [1.807, 2.05) is 69.3 Å². The Labute approximate surface area is 165 Å². The van der Waals surface area contributed by atoms with Crippen LogP contribution in [0.25, 0.3) is 0 Å². The summed E-state index contributed by atoms with van der Waals surface area (Å²) in [6.45, 7) is 5.72. The molecule has 0 unspecified atom stereocenters. The second-order valence-electron chi connectivity index (χ2n) is 6.82. The number of esters is 1. The van der Waals surface area contributed by atoms with Gasteiger partial charge >= 0.3 is 5.97 Å². The van der Waals surface area contributed by atoms with Crippen molar-refractivity contribution < 1.29 is 14.3 Å². The average Bonchev–Trinajstić information content (AvgIpc) is 2.69. The molecule has 0 saturated carbocycles. The molecule has 0 aromatic heterocycles. The summed E-state index contributed by atoms with van der Waals surface area (Å²) in [7, 11) is 0. The number of hydrogen-bond donors (Lipinski definition) is 1. The van der Waals surface area contributed by atoms with Gasteiger partial charge < -0.3 is 10.1 Å². The molecular formula is C24H23NO3. The number of hydrogen-bond acceptors (Lipinski definition) is 3. The van der Waals surface area contributed by atoms with E-state index in [4.69, 9.17) is 4.74 Å². The molecule has 0 aliphatic heterocycles. The van der Waals surface area contributed by atoms with Crippen LogP contribution in [-0.2, 0) is 9.53 Å². The number of rotatable bonds is 5. The lowest BCUT2D eigenvalue weighted by molar-refractivity contribution is -0.125. The van der Waals surface area contributed by atoms with Crippen molar-refractivity contribution in [1.82, 2.24) is 0 Å². The monoisotopic (exact) mass is 373 g/mol. The first-order chi connectivity index (χ1) is 13.5. The standard InChI is InChI=1S/C24H23NO3/c1-16-13-14-18(3)21(15-16)25-23(26)22(19-10-5-4-6-11-19)28-24(27)20-12-8-7-9-17(20)2/h4-15,22H,1-3H3,(H,25,26)/t22-/m0/s1. The minimum absolute atomic E-state index is 0.387. The Hall–Kier alpha value is -3.40. The smallest absolute Gasteiger partial charge is 0.339 e. The maximum Gasteiger partial charge on any atom is 0.339 e. The lowest BCUT2D eigenvalue weighted by atomic mass is 10.1. The molecule has 4 heteroatoms. The molecule has 0 radical (unpaired) electrons. The third-order valence-electron chi connectivity index (χ3n) is 4.58. The van der Waals surface area contributed by atoms with E-state index in [0.717, 1.165) is 16.7 Å². The lowest BCUT2D eigenvalue weighted by Gasteiger charge is -2.19. The van der Waals surface area contributed by atoms with Crippen molar-refractivity contribution in [3.63, 3.8) is 0 Å². The summed E-state index contributed by atoms with van der Waals surface area (Å²) < 4.78 is 5.66. The van der Waals surface area contributed by atoms with Crippen LogP contribution in [0.3, 0.4) is 0 Å². The predicted octanol–water partition coefficient (Wildman–Crippen LogP) is 5.15. The van der Waals surface area contributed by atoms with Gasteiger partial charge in [0.05, 0.1) is 5.56 Å². The number of anilines is 1. The highest BCUT2D eigenvalue weighted by molar-refractivity contribution is 5.99. The van der Waals surface area contributed by atoms with Gasteiger partial charge in [0, 0.05) is 11.3 Å². The van der Waals surface area contributed by atoms with Gasteiger partial charge in [0.1, 0.15) is 0 Å². The van der Waals surface area contributed by atoms with Crippen molar-refractivity contribution in [2.75, 3.05) is 5.32 Å². The number of carbonyl (C=O) groups is 2. The van der Waals surface area contributed by atoms with E-state index in [1.165, 1.54) is 0 Å². The zero-order chi connectivity index (χ0) is 20.1. The zero-order valence-electron chi connectivity index (χ0n) is 16.2. The Kier molecular flexibility index (Phi) is 5.90. The molecule has 3 aromatic carbocycles. The summed E-state index contributed by atoms with van der Waals surface area (Å²) in [4.78, 5) is 25.8. The van der Waals surface area contributed by atoms with Crippen molar-refractivity contribution >= 4 is 17.6 Å². The zero-order valence-corrected chi connectivity index (χ0v) is 16.2. The van der Waals surface area contributed by atoms with E-state index in [-0.39, 0.29) is 5.91 Å². The van der Waals surface area contributed by atoms with Crippen molar-refractivity contribution in [1.29, 1.82) is 0 Å². The van der Waals surface area contributed by atoms with Crippen molar-refractivity contribution in [2.45, 2.75) is 26.9 Å². The molecule has 0 heterocycles. The normalized spacial score (nSPS) is 11.5. The van der Waals surface area contributed by atoms with Gasteiger partial charge in [-0.25, -0.2) is 4.79 Å². The second kappa shape index (κ2) is 8.53. The average molecular weight is 373 g/mol. The van der Waals surface area contributed by atoms with E-state index in [0.29, 0.717) is 16.8 Å². The molecule has 3 rings (SSSR count). The molecule has 142 valence electrons. The topological polar surface area (TPSA) is 55.4 Å². The number of amides is 1. The van der Waals surface area contributed by atoms with Gasteiger partial charge in [-0.15, -0.1) is 0 Å². The number of carbonyl (C=O) groups excluding carboxylic acids is 2. The summed E-state index contributed by atoms with van der Waals surface area (Å²) in [6.07, 6.45) is -1.05. The molecule has 0 bridgehead atoms. The SMILES string of the molecule is Cc1ccc(C)c(NC(=O)[C@@H](OC(=O)c2ccccc2C)c2ccccc2)c1. The number of aryl methyl sites for hydroxylation is 3. The summed E-state index contributed by atoms with van der Waals surface area (Å²) in [5.41, 5.74) is 4.55. The van der Waals surface area contributed by atoms with Crippen molar-refractivity contribution in [3.8, 4) is 0 Å². The molecule has 0 spiro atoms. The van der Waals surface area contributed by atoms with Gasteiger partial charge in [-0.3, -0.25) is 4.79 Å². The van der Waals surface area contributed by atoms with Gasteiger partial charge in [-0.1, -0.05) is 60.7 Å². The minimum Gasteiger partial charge on any atom is -0.444 e. The molecule has 1 N–H and O–H groups in total. The Bertz CT molecular complexity index is 996. The Balaban J connectivity index is 1.89. The molecule has 3 aromatic rings. The molecule has 0 fully saturated rings. The fraction of sp³-hybridized carbons (Fsp3) is 0.167. The Morgan fingerprint density at radius 3 is 2.21 bits per heavy atom. The number of ether oxygens (including phenoxy) is 1. The highest BCUT2D eigenvalue weighted by atomic mass is 16.5. The van der Waals surface area contributed by atoms with E-state index in [9.17, 15) is 9.59 Å². The quantitative estimate of drug-likeness (QED) is 0.629.